The molecule has 2 aliphatic rings. The van der Waals surface area contributed by atoms with Gasteiger partial charge in [-0.1, -0.05) is 30.3 Å². The summed E-state index contributed by atoms with van der Waals surface area (Å²) in [4.78, 5) is 2.50. The maximum absolute atomic E-state index is 6.22. The van der Waals surface area contributed by atoms with Crippen LogP contribution in [-0.2, 0) is 29.7 Å². The second-order valence-electron chi connectivity index (χ2n) is 7.42. The van der Waals surface area contributed by atoms with E-state index < -0.39 is 0 Å². The molecule has 5 heteroatoms. The number of piperidine rings is 1. The first-order valence-corrected chi connectivity index (χ1v) is 9.20. The lowest BCUT2D eigenvalue weighted by atomic mass is 9.88. The van der Waals surface area contributed by atoms with Crippen molar-refractivity contribution >= 4 is 0 Å². The molecule has 1 aromatic carbocycles. The van der Waals surface area contributed by atoms with E-state index in [4.69, 9.17) is 9.47 Å². The highest BCUT2D eigenvalue weighted by molar-refractivity contribution is 5.13. The Bertz CT molecular complexity index is 677. The number of likely N-dealkylation sites (tertiary alicyclic amines) is 1. The van der Waals surface area contributed by atoms with Crippen LogP contribution in [0, 0.1) is 0 Å². The van der Waals surface area contributed by atoms with Crippen molar-refractivity contribution in [3.8, 4) is 0 Å². The summed E-state index contributed by atoms with van der Waals surface area (Å²) in [6.45, 7) is 4.56. The maximum Gasteiger partial charge on any atom is 0.0840 e. The summed E-state index contributed by atoms with van der Waals surface area (Å²) >= 11 is 0. The van der Waals surface area contributed by atoms with Crippen molar-refractivity contribution in [1.82, 2.24) is 14.7 Å². The van der Waals surface area contributed by atoms with Gasteiger partial charge in [-0.25, -0.2) is 0 Å². The number of hydrogen-bond acceptors (Lipinski definition) is 4. The molecule has 0 bridgehead atoms. The smallest absolute Gasteiger partial charge is 0.0840 e. The average molecular weight is 341 g/mol. The average Bonchev–Trinajstić information content (AvgIpc) is 3.23. The van der Waals surface area contributed by atoms with Crippen LogP contribution in [0.3, 0.4) is 0 Å². The molecule has 3 heterocycles. The summed E-state index contributed by atoms with van der Waals surface area (Å²) in [7, 11) is 1.97. The van der Waals surface area contributed by atoms with E-state index >= 15 is 0 Å². The van der Waals surface area contributed by atoms with E-state index in [1.807, 2.05) is 24.0 Å². The van der Waals surface area contributed by atoms with Crippen LogP contribution in [0.1, 0.15) is 30.4 Å². The largest absolute Gasteiger partial charge is 0.372 e. The zero-order valence-corrected chi connectivity index (χ0v) is 14.9. The van der Waals surface area contributed by atoms with Gasteiger partial charge in [0.25, 0.3) is 0 Å². The first-order chi connectivity index (χ1) is 12.2. The molecule has 0 unspecified atom stereocenters. The van der Waals surface area contributed by atoms with Crippen LogP contribution >= 0.6 is 0 Å². The molecule has 2 saturated heterocycles. The lowest BCUT2D eigenvalue weighted by molar-refractivity contribution is -0.0468. The van der Waals surface area contributed by atoms with E-state index in [1.165, 1.54) is 11.1 Å². The van der Waals surface area contributed by atoms with Crippen molar-refractivity contribution in [3.05, 3.63) is 53.9 Å². The number of nitrogens with zero attached hydrogens (tertiary/aromatic N) is 3. The number of aromatic nitrogens is 2. The van der Waals surface area contributed by atoms with Gasteiger partial charge in [-0.05, 0) is 18.4 Å². The van der Waals surface area contributed by atoms with Crippen LogP contribution in [0.5, 0.6) is 0 Å². The molecular weight excluding hydrogens is 314 g/mol. The number of benzene rings is 1. The second-order valence-corrected chi connectivity index (χ2v) is 7.42. The van der Waals surface area contributed by atoms with Gasteiger partial charge in [-0.3, -0.25) is 9.58 Å². The zero-order chi connectivity index (χ0) is 17.1. The molecule has 5 nitrogen and oxygen atoms in total. The number of aryl methyl sites for hydroxylation is 1. The highest BCUT2D eigenvalue weighted by atomic mass is 16.6. The Morgan fingerprint density at radius 2 is 2.00 bits per heavy atom. The molecule has 2 fully saturated rings. The molecular formula is C20H27N3O2. The van der Waals surface area contributed by atoms with Gasteiger partial charge in [0.1, 0.15) is 0 Å². The Morgan fingerprint density at radius 1 is 1.20 bits per heavy atom. The Balaban J connectivity index is 1.24. The molecule has 1 aromatic heterocycles. The Morgan fingerprint density at radius 3 is 2.72 bits per heavy atom. The predicted octanol–water partition coefficient (Wildman–Crippen LogP) is 2.76. The highest BCUT2D eigenvalue weighted by Gasteiger charge is 2.43. The number of hydrogen-bond donors (Lipinski definition) is 0. The third-order valence-electron chi connectivity index (χ3n) is 5.44. The van der Waals surface area contributed by atoms with Gasteiger partial charge in [-0.2, -0.15) is 5.10 Å². The van der Waals surface area contributed by atoms with E-state index in [9.17, 15) is 0 Å². The minimum absolute atomic E-state index is 0.0345. The predicted molar refractivity (Wildman–Crippen MR) is 96.0 cm³/mol. The minimum Gasteiger partial charge on any atom is -0.372 e. The lowest BCUT2D eigenvalue weighted by Crippen LogP contribution is -2.43. The van der Waals surface area contributed by atoms with Crippen molar-refractivity contribution in [2.75, 3.05) is 19.7 Å². The zero-order valence-electron chi connectivity index (χ0n) is 14.9. The summed E-state index contributed by atoms with van der Waals surface area (Å²) < 4.78 is 14.2. The standard InChI is InChI=1S/C20H27N3O2/c1-22-13-18(12-21-22)14-23-9-7-20(8-10-23)11-19(16-25-20)24-15-17-5-3-2-4-6-17/h2-6,12-13,19H,7-11,14-16H2,1H3/t19-/m0/s1. The molecule has 1 spiro atoms. The van der Waals surface area contributed by atoms with Gasteiger partial charge < -0.3 is 9.47 Å². The minimum atomic E-state index is 0.0345. The quantitative estimate of drug-likeness (QED) is 0.838. The van der Waals surface area contributed by atoms with Gasteiger partial charge in [-0.15, -0.1) is 0 Å². The van der Waals surface area contributed by atoms with Crippen LogP contribution in [0.25, 0.3) is 0 Å². The van der Waals surface area contributed by atoms with E-state index in [1.54, 1.807) is 0 Å². The summed E-state index contributed by atoms with van der Waals surface area (Å²) in [5, 5.41) is 4.26. The van der Waals surface area contributed by atoms with Crippen LogP contribution in [0.4, 0.5) is 0 Å². The topological polar surface area (TPSA) is 39.5 Å². The molecule has 2 aromatic rings. The van der Waals surface area contributed by atoms with E-state index in [0.29, 0.717) is 6.61 Å². The molecule has 4 rings (SSSR count). The Labute approximate surface area is 149 Å². The fourth-order valence-corrected chi connectivity index (χ4v) is 3.98. The third-order valence-corrected chi connectivity index (χ3v) is 5.44. The lowest BCUT2D eigenvalue weighted by Gasteiger charge is -2.38. The second kappa shape index (κ2) is 7.28. The van der Waals surface area contributed by atoms with Crippen molar-refractivity contribution in [2.24, 2.45) is 7.05 Å². The van der Waals surface area contributed by atoms with E-state index in [2.05, 4.69) is 40.5 Å². The Kier molecular flexibility index (Phi) is 4.88. The van der Waals surface area contributed by atoms with Gasteiger partial charge in [0.15, 0.2) is 0 Å². The van der Waals surface area contributed by atoms with Crippen molar-refractivity contribution in [2.45, 2.75) is 44.1 Å². The molecule has 25 heavy (non-hydrogen) atoms. The van der Waals surface area contributed by atoms with Crippen LogP contribution in [0.2, 0.25) is 0 Å². The van der Waals surface area contributed by atoms with Gasteiger partial charge in [0.2, 0.25) is 0 Å². The molecule has 0 aliphatic carbocycles. The first-order valence-electron chi connectivity index (χ1n) is 9.20. The van der Waals surface area contributed by atoms with Crippen molar-refractivity contribution < 1.29 is 9.47 Å². The van der Waals surface area contributed by atoms with Gasteiger partial charge >= 0.3 is 0 Å². The Hall–Kier alpha value is -1.69. The van der Waals surface area contributed by atoms with Gasteiger partial charge in [0.05, 0.1) is 31.1 Å². The summed E-state index contributed by atoms with van der Waals surface area (Å²) in [5.74, 6) is 0. The normalized spacial score (nSPS) is 23.3. The van der Waals surface area contributed by atoms with E-state index in [-0.39, 0.29) is 11.7 Å². The van der Waals surface area contributed by atoms with Crippen molar-refractivity contribution in [3.63, 3.8) is 0 Å². The fourth-order valence-electron chi connectivity index (χ4n) is 3.98. The van der Waals surface area contributed by atoms with E-state index in [0.717, 1.165) is 45.5 Å². The molecule has 134 valence electrons. The SMILES string of the molecule is Cn1cc(CN2CCC3(CC2)C[C@H](OCc2ccccc2)CO3)cn1. The molecule has 1 atom stereocenters. The maximum atomic E-state index is 6.22. The third kappa shape index (κ3) is 4.11. The van der Waals surface area contributed by atoms with Crippen molar-refractivity contribution in [1.29, 1.82) is 0 Å². The summed E-state index contributed by atoms with van der Waals surface area (Å²) in [6, 6.07) is 10.4. The highest BCUT2D eigenvalue weighted by Crippen LogP contribution is 2.37. The monoisotopic (exact) mass is 341 g/mol. The van der Waals surface area contributed by atoms with Gasteiger partial charge in [0, 0.05) is 44.9 Å². The number of ether oxygens (including phenoxy) is 2. The summed E-state index contributed by atoms with van der Waals surface area (Å²) in [5.41, 5.74) is 2.55. The first kappa shape index (κ1) is 16.8. The summed E-state index contributed by atoms with van der Waals surface area (Å²) in [6.07, 6.45) is 7.51. The fraction of sp³-hybridized carbons (Fsp3) is 0.550. The van der Waals surface area contributed by atoms with Crippen LogP contribution < -0.4 is 0 Å². The number of rotatable bonds is 5. The molecule has 2 aliphatic heterocycles. The van der Waals surface area contributed by atoms with Crippen LogP contribution in [0.15, 0.2) is 42.7 Å². The molecule has 0 N–H and O–H groups in total. The molecule has 0 amide bonds. The molecule has 0 radical (unpaired) electrons. The molecule has 0 saturated carbocycles. The van der Waals surface area contributed by atoms with Crippen LogP contribution in [-0.4, -0.2) is 46.1 Å².